The SMILES string of the molecule is CN1CCC(C(=O)Cl)CC1.CN1CCC(C(=O)O)CC1.Cl.Cl. The molecular formula is C14H27Cl3N2O3. The summed E-state index contributed by atoms with van der Waals surface area (Å²) in [6.07, 6.45) is 3.48. The summed E-state index contributed by atoms with van der Waals surface area (Å²) in [5, 5.41) is 8.45. The summed E-state index contributed by atoms with van der Waals surface area (Å²) in [6, 6.07) is 0. The van der Waals surface area contributed by atoms with Crippen LogP contribution in [0.1, 0.15) is 25.7 Å². The van der Waals surface area contributed by atoms with Gasteiger partial charge in [-0.05, 0) is 77.6 Å². The van der Waals surface area contributed by atoms with Crippen LogP contribution >= 0.6 is 36.4 Å². The van der Waals surface area contributed by atoms with E-state index in [1.807, 2.05) is 7.05 Å². The maximum Gasteiger partial charge on any atom is 0.306 e. The lowest BCUT2D eigenvalue weighted by molar-refractivity contribution is -0.143. The molecule has 8 heteroatoms. The van der Waals surface area contributed by atoms with Gasteiger partial charge in [0.2, 0.25) is 5.24 Å². The molecule has 2 fully saturated rings. The first kappa shape index (κ1) is 24.2. The molecule has 0 aliphatic carbocycles. The third-order valence-electron chi connectivity index (χ3n) is 4.11. The molecule has 0 spiro atoms. The molecule has 2 saturated heterocycles. The Morgan fingerprint density at radius 1 is 0.864 bits per heavy atom. The lowest BCUT2D eigenvalue weighted by Crippen LogP contribution is -2.33. The van der Waals surface area contributed by atoms with Crippen molar-refractivity contribution in [2.24, 2.45) is 11.8 Å². The molecule has 2 aliphatic heterocycles. The molecule has 132 valence electrons. The van der Waals surface area contributed by atoms with Gasteiger partial charge in [-0.15, -0.1) is 24.8 Å². The summed E-state index contributed by atoms with van der Waals surface area (Å²) < 4.78 is 0. The smallest absolute Gasteiger partial charge is 0.306 e. The van der Waals surface area contributed by atoms with Gasteiger partial charge in [0.1, 0.15) is 0 Å². The Hall–Kier alpha value is -0.0700. The molecule has 2 heterocycles. The van der Waals surface area contributed by atoms with Crippen molar-refractivity contribution in [3.05, 3.63) is 0 Å². The van der Waals surface area contributed by atoms with Crippen molar-refractivity contribution in [2.75, 3.05) is 40.3 Å². The number of hydrogen-bond acceptors (Lipinski definition) is 4. The van der Waals surface area contributed by atoms with Gasteiger partial charge >= 0.3 is 5.97 Å². The Bertz CT molecular complexity index is 297. The largest absolute Gasteiger partial charge is 0.481 e. The number of rotatable bonds is 2. The molecule has 5 nitrogen and oxygen atoms in total. The maximum atomic E-state index is 10.7. The van der Waals surface area contributed by atoms with Gasteiger partial charge in [-0.2, -0.15) is 0 Å². The predicted molar refractivity (Wildman–Crippen MR) is 93.4 cm³/mol. The number of hydrogen-bond donors (Lipinski definition) is 1. The first-order chi connectivity index (χ1) is 9.40. The molecule has 2 aliphatic rings. The number of piperidine rings is 2. The van der Waals surface area contributed by atoms with Gasteiger partial charge in [0.25, 0.3) is 0 Å². The monoisotopic (exact) mass is 376 g/mol. The molecule has 0 bridgehead atoms. The number of carboxylic acids is 1. The van der Waals surface area contributed by atoms with Gasteiger partial charge in [-0.3, -0.25) is 9.59 Å². The fourth-order valence-corrected chi connectivity index (χ4v) is 2.71. The van der Waals surface area contributed by atoms with Crippen LogP contribution in [0.4, 0.5) is 0 Å². The minimum Gasteiger partial charge on any atom is -0.481 e. The standard InChI is InChI=1S/C7H12ClNO.C7H13NO2.2ClH/c1-9-4-2-6(3-5-9)7(8)10;1-8-4-2-6(3-5-8)7(9)10;;/h6H,2-5H2,1H3;6H,2-5H2,1H3,(H,9,10);2*1H. The highest BCUT2D eigenvalue weighted by atomic mass is 35.5. The van der Waals surface area contributed by atoms with Crippen molar-refractivity contribution in [1.82, 2.24) is 9.80 Å². The third-order valence-corrected chi connectivity index (χ3v) is 4.42. The van der Waals surface area contributed by atoms with Crippen LogP contribution in [-0.4, -0.2) is 66.4 Å². The number of likely N-dealkylation sites (tertiary alicyclic amines) is 2. The van der Waals surface area contributed by atoms with Crippen LogP contribution < -0.4 is 0 Å². The van der Waals surface area contributed by atoms with Crippen molar-refractivity contribution < 1.29 is 14.7 Å². The average Bonchev–Trinajstić information content (AvgIpc) is 2.40. The van der Waals surface area contributed by atoms with Crippen molar-refractivity contribution in [2.45, 2.75) is 25.7 Å². The Morgan fingerprint density at radius 2 is 1.18 bits per heavy atom. The van der Waals surface area contributed by atoms with E-state index in [1.54, 1.807) is 0 Å². The maximum absolute atomic E-state index is 10.7. The van der Waals surface area contributed by atoms with E-state index in [1.165, 1.54) is 0 Å². The van der Waals surface area contributed by atoms with E-state index in [4.69, 9.17) is 16.7 Å². The lowest BCUT2D eigenvalue weighted by Gasteiger charge is -2.26. The summed E-state index contributed by atoms with van der Waals surface area (Å²) in [4.78, 5) is 25.5. The Labute approximate surface area is 150 Å². The van der Waals surface area contributed by atoms with E-state index in [-0.39, 0.29) is 41.9 Å². The number of carbonyl (C=O) groups is 2. The number of aliphatic carboxylic acids is 1. The van der Waals surface area contributed by atoms with E-state index in [0.29, 0.717) is 0 Å². The van der Waals surface area contributed by atoms with Crippen molar-refractivity contribution >= 4 is 47.6 Å². The molecule has 1 N–H and O–H groups in total. The summed E-state index contributed by atoms with van der Waals surface area (Å²) in [5.41, 5.74) is 0. The van der Waals surface area contributed by atoms with Crippen LogP contribution in [-0.2, 0) is 9.59 Å². The summed E-state index contributed by atoms with van der Waals surface area (Å²) in [7, 11) is 4.09. The zero-order valence-corrected chi connectivity index (χ0v) is 15.6. The van der Waals surface area contributed by atoms with Gasteiger partial charge in [0.05, 0.1) is 5.92 Å². The number of carbonyl (C=O) groups excluding carboxylic acids is 1. The Morgan fingerprint density at radius 3 is 1.45 bits per heavy atom. The summed E-state index contributed by atoms with van der Waals surface area (Å²) >= 11 is 5.35. The minimum atomic E-state index is -0.631. The van der Waals surface area contributed by atoms with Gasteiger partial charge in [0.15, 0.2) is 0 Å². The number of nitrogens with zero attached hydrogens (tertiary/aromatic N) is 2. The normalized spacial score (nSPS) is 20.9. The third kappa shape index (κ3) is 9.16. The van der Waals surface area contributed by atoms with E-state index in [2.05, 4.69) is 16.8 Å². The van der Waals surface area contributed by atoms with Crippen LogP contribution in [0.25, 0.3) is 0 Å². The number of halogens is 3. The highest BCUT2D eigenvalue weighted by Crippen LogP contribution is 2.18. The molecule has 0 atom stereocenters. The lowest BCUT2D eigenvalue weighted by atomic mass is 9.98. The highest BCUT2D eigenvalue weighted by Gasteiger charge is 2.22. The van der Waals surface area contributed by atoms with Gasteiger partial charge in [0, 0.05) is 5.92 Å². The first-order valence-corrected chi connectivity index (χ1v) is 7.57. The van der Waals surface area contributed by atoms with Crippen LogP contribution in [0, 0.1) is 11.8 Å². The summed E-state index contributed by atoms with van der Waals surface area (Å²) in [5.74, 6) is -0.595. The van der Waals surface area contributed by atoms with Crippen LogP contribution in [0.3, 0.4) is 0 Å². The second kappa shape index (κ2) is 12.4. The van der Waals surface area contributed by atoms with Crippen LogP contribution in [0.15, 0.2) is 0 Å². The second-order valence-corrected chi connectivity index (χ2v) is 6.17. The molecule has 0 unspecified atom stereocenters. The second-order valence-electron chi connectivity index (χ2n) is 5.80. The van der Waals surface area contributed by atoms with Crippen molar-refractivity contribution in [3.8, 4) is 0 Å². The Kier molecular flexibility index (Phi) is 13.6. The van der Waals surface area contributed by atoms with Crippen LogP contribution in [0.5, 0.6) is 0 Å². The molecule has 0 saturated carbocycles. The Balaban J connectivity index is 0. The fraction of sp³-hybridized carbons (Fsp3) is 0.857. The molecule has 2 rings (SSSR count). The highest BCUT2D eigenvalue weighted by molar-refractivity contribution is 6.63. The quantitative estimate of drug-likeness (QED) is 0.749. The van der Waals surface area contributed by atoms with Gasteiger partial charge in [-0.25, -0.2) is 0 Å². The van der Waals surface area contributed by atoms with Crippen LogP contribution in [0.2, 0.25) is 0 Å². The number of carboxylic acid groups (broad SMARTS) is 1. The summed E-state index contributed by atoms with van der Waals surface area (Å²) in [6.45, 7) is 3.86. The molecule has 0 aromatic carbocycles. The molecular weight excluding hydrogens is 351 g/mol. The molecule has 22 heavy (non-hydrogen) atoms. The zero-order valence-electron chi connectivity index (χ0n) is 13.2. The van der Waals surface area contributed by atoms with Gasteiger partial charge in [-0.1, -0.05) is 0 Å². The molecule has 0 radical (unpaired) electrons. The van der Waals surface area contributed by atoms with Gasteiger partial charge < -0.3 is 14.9 Å². The first-order valence-electron chi connectivity index (χ1n) is 7.19. The molecule has 0 aromatic rings. The molecule has 0 amide bonds. The topological polar surface area (TPSA) is 60.9 Å². The van der Waals surface area contributed by atoms with E-state index >= 15 is 0 Å². The van der Waals surface area contributed by atoms with E-state index < -0.39 is 5.97 Å². The fourth-order valence-electron chi connectivity index (χ4n) is 2.49. The van der Waals surface area contributed by atoms with E-state index in [9.17, 15) is 9.59 Å². The predicted octanol–water partition coefficient (Wildman–Crippen LogP) is 2.35. The zero-order chi connectivity index (χ0) is 15.1. The average molecular weight is 378 g/mol. The van der Waals surface area contributed by atoms with Crippen molar-refractivity contribution in [3.63, 3.8) is 0 Å². The molecule has 0 aromatic heterocycles. The van der Waals surface area contributed by atoms with E-state index in [0.717, 1.165) is 51.9 Å². The minimum absolute atomic E-state index is 0. The van der Waals surface area contributed by atoms with Crippen molar-refractivity contribution in [1.29, 1.82) is 0 Å².